The molecule has 0 bridgehead atoms. The van der Waals surface area contributed by atoms with Crippen molar-refractivity contribution in [2.75, 3.05) is 26.2 Å². The first-order chi connectivity index (χ1) is 12.3. The molecule has 7 nitrogen and oxygen atoms in total. The molecule has 0 saturated carbocycles. The number of aromatic nitrogens is 2. The van der Waals surface area contributed by atoms with Gasteiger partial charge in [0.25, 0.3) is 5.91 Å². The summed E-state index contributed by atoms with van der Waals surface area (Å²) >= 11 is 0. The lowest BCUT2D eigenvalue weighted by molar-refractivity contribution is 0.0664. The zero-order valence-corrected chi connectivity index (χ0v) is 14.0. The molecule has 0 spiro atoms. The smallest absolute Gasteiger partial charge is 0.289 e. The van der Waals surface area contributed by atoms with E-state index in [0.717, 1.165) is 32.7 Å². The van der Waals surface area contributed by atoms with Crippen molar-refractivity contribution >= 4 is 5.91 Å². The second-order valence-electron chi connectivity index (χ2n) is 6.77. The van der Waals surface area contributed by atoms with E-state index >= 15 is 0 Å². The molecule has 4 rings (SSSR count). The highest BCUT2D eigenvalue weighted by atomic mass is 16.5. The average Bonchev–Trinajstić information content (AvgIpc) is 3.31. The van der Waals surface area contributed by atoms with Crippen LogP contribution in [0.5, 0.6) is 0 Å². The van der Waals surface area contributed by atoms with Crippen LogP contribution in [0.4, 0.5) is 0 Å². The van der Waals surface area contributed by atoms with Crippen LogP contribution in [0.3, 0.4) is 0 Å². The Bertz CT molecular complexity index is 692. The van der Waals surface area contributed by atoms with Gasteiger partial charge < -0.3 is 14.6 Å². The Morgan fingerprint density at radius 2 is 2.32 bits per heavy atom. The highest BCUT2D eigenvalue weighted by Gasteiger charge is 2.40. The first kappa shape index (κ1) is 16.2. The van der Waals surface area contributed by atoms with Crippen LogP contribution in [-0.2, 0) is 11.3 Å². The van der Waals surface area contributed by atoms with Crippen LogP contribution in [0.15, 0.2) is 41.3 Å². The fourth-order valence-corrected chi connectivity index (χ4v) is 3.82. The zero-order chi connectivity index (χ0) is 17.1. The molecule has 1 amide bonds. The number of hydrogen-bond donors (Lipinski definition) is 1. The van der Waals surface area contributed by atoms with Crippen molar-refractivity contribution in [3.8, 4) is 0 Å². The Morgan fingerprint density at radius 3 is 3.12 bits per heavy atom. The van der Waals surface area contributed by atoms with Crippen molar-refractivity contribution in [2.45, 2.75) is 19.1 Å². The van der Waals surface area contributed by atoms with E-state index in [1.807, 2.05) is 12.3 Å². The van der Waals surface area contributed by atoms with Crippen molar-refractivity contribution in [1.29, 1.82) is 0 Å². The number of piperidine rings is 1. The summed E-state index contributed by atoms with van der Waals surface area (Å²) in [6, 6.07) is 5.64. The van der Waals surface area contributed by atoms with Crippen LogP contribution in [0, 0.1) is 11.8 Å². The summed E-state index contributed by atoms with van der Waals surface area (Å²) in [7, 11) is 0. The van der Waals surface area contributed by atoms with Gasteiger partial charge in [0.05, 0.1) is 18.9 Å². The van der Waals surface area contributed by atoms with E-state index < -0.39 is 0 Å². The van der Waals surface area contributed by atoms with Crippen LogP contribution >= 0.6 is 0 Å². The minimum Gasteiger partial charge on any atom is -0.376 e. The van der Waals surface area contributed by atoms with E-state index in [4.69, 9.17) is 9.26 Å². The SMILES string of the molecule is O=C(NC[C@@H]1OC[C@H]2CCN(Cc3cccnc3)C[C@H]21)c1ccno1. The van der Waals surface area contributed by atoms with Gasteiger partial charge in [-0.05, 0) is 30.5 Å². The molecule has 2 aliphatic rings. The first-order valence-electron chi connectivity index (χ1n) is 8.71. The number of amides is 1. The molecule has 4 heterocycles. The fourth-order valence-electron chi connectivity index (χ4n) is 3.82. The third-order valence-corrected chi connectivity index (χ3v) is 5.15. The van der Waals surface area contributed by atoms with Crippen LogP contribution in [-0.4, -0.2) is 53.3 Å². The van der Waals surface area contributed by atoms with Crippen LogP contribution in [0.1, 0.15) is 22.5 Å². The molecule has 132 valence electrons. The Balaban J connectivity index is 1.33. The summed E-state index contributed by atoms with van der Waals surface area (Å²) in [5.41, 5.74) is 1.23. The summed E-state index contributed by atoms with van der Waals surface area (Å²) < 4.78 is 10.8. The van der Waals surface area contributed by atoms with Crippen LogP contribution in [0.2, 0.25) is 0 Å². The average molecular weight is 342 g/mol. The number of ether oxygens (including phenoxy) is 1. The van der Waals surface area contributed by atoms with Crippen molar-refractivity contribution in [3.05, 3.63) is 48.1 Å². The number of fused-ring (bicyclic) bond motifs is 1. The molecule has 0 aliphatic carbocycles. The van der Waals surface area contributed by atoms with Gasteiger partial charge in [0.15, 0.2) is 0 Å². The Labute approximate surface area is 146 Å². The second-order valence-corrected chi connectivity index (χ2v) is 6.77. The maximum Gasteiger partial charge on any atom is 0.289 e. The van der Waals surface area contributed by atoms with Gasteiger partial charge in [-0.1, -0.05) is 11.2 Å². The standard InChI is InChI=1S/C18H22N4O3/c23-18(16-3-6-21-25-16)20-9-17-15-11-22(7-4-14(15)12-24-17)10-13-2-1-5-19-8-13/h1-3,5-6,8,14-15,17H,4,7,9-12H2,(H,20,23)/t14-,15-,17+/m1/s1. The molecular formula is C18H22N4O3. The van der Waals surface area contributed by atoms with Gasteiger partial charge >= 0.3 is 0 Å². The molecule has 2 fully saturated rings. The van der Waals surface area contributed by atoms with Gasteiger partial charge in [0, 0.05) is 44.0 Å². The van der Waals surface area contributed by atoms with Crippen molar-refractivity contribution in [3.63, 3.8) is 0 Å². The van der Waals surface area contributed by atoms with Gasteiger partial charge in [-0.2, -0.15) is 0 Å². The van der Waals surface area contributed by atoms with E-state index in [0.29, 0.717) is 18.4 Å². The van der Waals surface area contributed by atoms with E-state index in [1.165, 1.54) is 11.8 Å². The number of carbonyl (C=O) groups excluding carboxylic acids is 1. The Morgan fingerprint density at radius 1 is 1.36 bits per heavy atom. The largest absolute Gasteiger partial charge is 0.376 e. The molecule has 2 saturated heterocycles. The predicted octanol–water partition coefficient (Wildman–Crippen LogP) is 1.34. The number of carbonyl (C=O) groups is 1. The number of nitrogens with one attached hydrogen (secondary N) is 1. The first-order valence-corrected chi connectivity index (χ1v) is 8.71. The Kier molecular flexibility index (Phi) is 4.76. The maximum atomic E-state index is 12.0. The fraction of sp³-hybridized carbons (Fsp3) is 0.500. The van der Waals surface area contributed by atoms with Crippen LogP contribution in [0.25, 0.3) is 0 Å². The lowest BCUT2D eigenvalue weighted by Gasteiger charge is -2.36. The molecule has 0 radical (unpaired) electrons. The number of likely N-dealkylation sites (tertiary alicyclic amines) is 1. The van der Waals surface area contributed by atoms with E-state index in [2.05, 4.69) is 26.4 Å². The molecule has 2 aromatic heterocycles. The molecule has 7 heteroatoms. The van der Waals surface area contributed by atoms with Gasteiger partial charge in [0.1, 0.15) is 0 Å². The summed E-state index contributed by atoms with van der Waals surface area (Å²) in [5.74, 6) is 1.02. The number of nitrogens with zero attached hydrogens (tertiary/aromatic N) is 3. The molecule has 2 aromatic rings. The van der Waals surface area contributed by atoms with Crippen LogP contribution < -0.4 is 5.32 Å². The third-order valence-electron chi connectivity index (χ3n) is 5.15. The van der Waals surface area contributed by atoms with Crippen molar-refractivity contribution < 1.29 is 14.1 Å². The third kappa shape index (κ3) is 3.72. The molecule has 0 unspecified atom stereocenters. The second kappa shape index (κ2) is 7.33. The predicted molar refractivity (Wildman–Crippen MR) is 89.7 cm³/mol. The molecule has 3 atom stereocenters. The summed E-state index contributed by atoms with van der Waals surface area (Å²) in [4.78, 5) is 18.7. The number of rotatable bonds is 5. The van der Waals surface area contributed by atoms with E-state index in [9.17, 15) is 4.79 Å². The van der Waals surface area contributed by atoms with E-state index in [-0.39, 0.29) is 17.8 Å². The van der Waals surface area contributed by atoms with Gasteiger partial charge in [0.2, 0.25) is 5.76 Å². The maximum absolute atomic E-state index is 12.0. The van der Waals surface area contributed by atoms with Gasteiger partial charge in [-0.15, -0.1) is 0 Å². The lowest BCUT2D eigenvalue weighted by atomic mass is 9.84. The molecule has 0 aromatic carbocycles. The monoisotopic (exact) mass is 342 g/mol. The highest BCUT2D eigenvalue weighted by Crippen LogP contribution is 2.34. The number of pyridine rings is 1. The number of hydrogen-bond acceptors (Lipinski definition) is 6. The molecular weight excluding hydrogens is 320 g/mol. The lowest BCUT2D eigenvalue weighted by Crippen LogP contribution is -2.45. The summed E-state index contributed by atoms with van der Waals surface area (Å²) in [6.45, 7) is 4.27. The topological polar surface area (TPSA) is 80.5 Å². The normalized spacial score (nSPS) is 26.3. The van der Waals surface area contributed by atoms with Gasteiger partial charge in [-0.25, -0.2) is 0 Å². The molecule has 2 aliphatic heterocycles. The molecule has 1 N–H and O–H groups in total. The zero-order valence-electron chi connectivity index (χ0n) is 14.0. The quantitative estimate of drug-likeness (QED) is 0.883. The summed E-state index contributed by atoms with van der Waals surface area (Å²) in [5, 5.41) is 6.46. The minimum atomic E-state index is -0.243. The van der Waals surface area contributed by atoms with E-state index in [1.54, 1.807) is 12.3 Å². The van der Waals surface area contributed by atoms with Crippen molar-refractivity contribution in [2.24, 2.45) is 11.8 Å². The van der Waals surface area contributed by atoms with Crippen molar-refractivity contribution in [1.82, 2.24) is 20.4 Å². The summed E-state index contributed by atoms with van der Waals surface area (Å²) in [6.07, 6.45) is 6.38. The highest BCUT2D eigenvalue weighted by molar-refractivity contribution is 5.91. The minimum absolute atomic E-state index is 0.0496. The van der Waals surface area contributed by atoms with Gasteiger partial charge in [-0.3, -0.25) is 14.7 Å². The Hall–Kier alpha value is -2.25. The molecule has 25 heavy (non-hydrogen) atoms.